The fourth-order valence-corrected chi connectivity index (χ4v) is 4.47. The van der Waals surface area contributed by atoms with E-state index >= 15 is 0 Å². The number of carbonyl (C=O) groups excluding carboxylic acids is 2. The third kappa shape index (κ3) is 5.01. The van der Waals surface area contributed by atoms with Crippen LogP contribution < -0.4 is 10.6 Å². The van der Waals surface area contributed by atoms with Crippen molar-refractivity contribution >= 4 is 28.4 Å². The summed E-state index contributed by atoms with van der Waals surface area (Å²) in [6.07, 6.45) is 3.34. The first-order chi connectivity index (χ1) is 17.6. The summed E-state index contributed by atoms with van der Waals surface area (Å²) in [5, 5.41) is 9.86. The highest BCUT2D eigenvalue weighted by molar-refractivity contribution is 6.03. The van der Waals surface area contributed by atoms with Crippen LogP contribution in [0.25, 0.3) is 27.7 Å². The molecule has 0 unspecified atom stereocenters. The molecule has 0 spiro atoms. The number of aromatic nitrogens is 4. The van der Waals surface area contributed by atoms with Crippen LogP contribution in [0.2, 0.25) is 0 Å². The maximum atomic E-state index is 12.9. The number of H-pyrrole nitrogens is 1. The van der Waals surface area contributed by atoms with E-state index < -0.39 is 18.1 Å². The molecule has 1 aliphatic heterocycles. The molecule has 12 heteroatoms. The van der Waals surface area contributed by atoms with E-state index in [0.29, 0.717) is 27.7 Å². The molecule has 1 fully saturated rings. The number of halogens is 3. The largest absolute Gasteiger partial charge is 0.408 e. The summed E-state index contributed by atoms with van der Waals surface area (Å²) in [5.74, 6) is -1.06. The van der Waals surface area contributed by atoms with Gasteiger partial charge in [-0.3, -0.25) is 9.59 Å². The molecule has 4 aromatic rings. The van der Waals surface area contributed by atoms with Crippen molar-refractivity contribution in [3.8, 4) is 11.1 Å². The zero-order valence-corrected chi connectivity index (χ0v) is 20.3. The molecular formula is C25H26F3N7O2. The minimum absolute atomic E-state index is 0.0223. The first-order valence-electron chi connectivity index (χ1n) is 11.9. The Morgan fingerprint density at radius 2 is 1.92 bits per heavy atom. The predicted octanol–water partition coefficient (Wildman–Crippen LogP) is 3.38. The Balaban J connectivity index is 1.43. The van der Waals surface area contributed by atoms with Crippen molar-refractivity contribution in [1.29, 1.82) is 0 Å². The number of pyridine rings is 2. The molecular weight excluding hydrogens is 487 g/mol. The lowest BCUT2D eigenvalue weighted by Crippen LogP contribution is -2.43. The Morgan fingerprint density at radius 1 is 1.16 bits per heavy atom. The Hall–Kier alpha value is -3.93. The van der Waals surface area contributed by atoms with Crippen molar-refractivity contribution in [3.63, 3.8) is 0 Å². The van der Waals surface area contributed by atoms with Crippen LogP contribution in [-0.2, 0) is 0 Å². The van der Waals surface area contributed by atoms with E-state index in [1.165, 1.54) is 16.9 Å². The molecule has 0 aromatic carbocycles. The van der Waals surface area contributed by atoms with E-state index in [4.69, 9.17) is 0 Å². The first-order valence-corrected chi connectivity index (χ1v) is 11.9. The van der Waals surface area contributed by atoms with Crippen LogP contribution in [0.3, 0.4) is 0 Å². The van der Waals surface area contributed by atoms with Gasteiger partial charge < -0.3 is 20.5 Å². The van der Waals surface area contributed by atoms with Gasteiger partial charge in [0.05, 0.1) is 22.8 Å². The van der Waals surface area contributed by atoms with Gasteiger partial charge in [-0.1, -0.05) is 0 Å². The Kier molecular flexibility index (Phi) is 6.36. The lowest BCUT2D eigenvalue weighted by molar-refractivity contribution is -0.149. The molecule has 4 aromatic heterocycles. The molecule has 0 aliphatic carbocycles. The molecule has 194 valence electrons. The number of fused-ring (bicyclic) bond motifs is 2. The number of alkyl halides is 3. The molecule has 1 atom stereocenters. The van der Waals surface area contributed by atoms with Crippen LogP contribution in [-0.4, -0.2) is 74.7 Å². The van der Waals surface area contributed by atoms with E-state index in [1.807, 2.05) is 5.32 Å². The van der Waals surface area contributed by atoms with Gasteiger partial charge in [-0.05, 0) is 63.7 Å². The number of aromatic amines is 1. The lowest BCUT2D eigenvalue weighted by Gasteiger charge is -2.29. The van der Waals surface area contributed by atoms with E-state index in [-0.39, 0.29) is 17.5 Å². The number of hydrogen-bond donors (Lipinski definition) is 3. The number of piperidine rings is 1. The second kappa shape index (κ2) is 9.51. The molecule has 5 rings (SSSR count). The normalized spacial score (nSPS) is 16.2. The van der Waals surface area contributed by atoms with Gasteiger partial charge in [0.1, 0.15) is 11.7 Å². The number of amides is 2. The topological polar surface area (TPSA) is 107 Å². The minimum atomic E-state index is -4.56. The summed E-state index contributed by atoms with van der Waals surface area (Å²) in [4.78, 5) is 35.2. The van der Waals surface area contributed by atoms with Crippen LogP contribution in [0.5, 0.6) is 0 Å². The standard InChI is InChI=1S/C25H26F3N7O2/c1-14(25(26,27)28)32-24(37)20-13-31-35-8-3-15(10-21(20)35)19-12-30-22-18(19)9-16(11-29-22)23(36)33-17-4-6-34(2)7-5-17/h3,8-14,17H,4-7H2,1-2H3,(H,29,30)(H,32,37)(H,33,36)/t14-/m1/s1. The van der Waals surface area contributed by atoms with Crippen molar-refractivity contribution in [3.05, 3.63) is 54.1 Å². The number of hydrogen-bond acceptors (Lipinski definition) is 5. The first kappa shape index (κ1) is 24.8. The van der Waals surface area contributed by atoms with Crippen LogP contribution in [0.4, 0.5) is 13.2 Å². The summed E-state index contributed by atoms with van der Waals surface area (Å²) >= 11 is 0. The molecule has 5 heterocycles. The second-order valence-electron chi connectivity index (χ2n) is 9.41. The number of nitrogens with one attached hydrogen (secondary N) is 3. The zero-order chi connectivity index (χ0) is 26.3. The fraction of sp³-hybridized carbons (Fsp3) is 0.360. The van der Waals surface area contributed by atoms with E-state index in [9.17, 15) is 22.8 Å². The third-order valence-electron chi connectivity index (χ3n) is 6.76. The molecule has 2 amide bonds. The molecule has 9 nitrogen and oxygen atoms in total. The molecule has 3 N–H and O–H groups in total. The highest BCUT2D eigenvalue weighted by atomic mass is 19.4. The van der Waals surface area contributed by atoms with Gasteiger partial charge >= 0.3 is 6.18 Å². The molecule has 0 saturated carbocycles. The van der Waals surface area contributed by atoms with Crippen molar-refractivity contribution in [1.82, 2.24) is 35.1 Å². The predicted molar refractivity (Wildman–Crippen MR) is 131 cm³/mol. The van der Waals surface area contributed by atoms with Gasteiger partial charge in [0, 0.05) is 35.6 Å². The fourth-order valence-electron chi connectivity index (χ4n) is 4.47. The molecule has 0 bridgehead atoms. The number of likely N-dealkylation sites (tertiary alicyclic amines) is 1. The van der Waals surface area contributed by atoms with Crippen LogP contribution in [0.1, 0.15) is 40.5 Å². The second-order valence-corrected chi connectivity index (χ2v) is 9.41. The Morgan fingerprint density at radius 3 is 2.65 bits per heavy atom. The summed E-state index contributed by atoms with van der Waals surface area (Å²) in [6.45, 7) is 2.74. The average molecular weight is 514 g/mol. The van der Waals surface area contributed by atoms with Gasteiger partial charge in [-0.15, -0.1) is 0 Å². The maximum Gasteiger partial charge on any atom is 0.408 e. The maximum absolute atomic E-state index is 12.9. The molecule has 0 radical (unpaired) electrons. The monoisotopic (exact) mass is 513 g/mol. The van der Waals surface area contributed by atoms with Gasteiger partial charge in [-0.2, -0.15) is 18.3 Å². The van der Waals surface area contributed by atoms with Gasteiger partial charge in [0.15, 0.2) is 0 Å². The molecule has 1 saturated heterocycles. The van der Waals surface area contributed by atoms with Gasteiger partial charge in [0.2, 0.25) is 0 Å². The smallest absolute Gasteiger partial charge is 0.349 e. The van der Waals surface area contributed by atoms with Crippen molar-refractivity contribution in [2.24, 2.45) is 0 Å². The summed E-state index contributed by atoms with van der Waals surface area (Å²) in [5.41, 5.74) is 2.80. The van der Waals surface area contributed by atoms with Gasteiger partial charge in [-0.25, -0.2) is 9.50 Å². The SMILES string of the molecule is C[C@@H](NC(=O)c1cnn2ccc(-c3c[nH]c4ncc(C(=O)NC5CCN(C)CC5)cc34)cc12)C(F)(F)F. The van der Waals surface area contributed by atoms with E-state index in [0.717, 1.165) is 38.4 Å². The lowest BCUT2D eigenvalue weighted by atomic mass is 10.0. The Labute approximate surface area is 210 Å². The van der Waals surface area contributed by atoms with E-state index in [1.54, 1.807) is 30.6 Å². The van der Waals surface area contributed by atoms with Crippen LogP contribution >= 0.6 is 0 Å². The highest BCUT2D eigenvalue weighted by Gasteiger charge is 2.37. The minimum Gasteiger partial charge on any atom is -0.349 e. The number of rotatable bonds is 5. The number of nitrogens with zero attached hydrogens (tertiary/aromatic N) is 4. The molecule has 1 aliphatic rings. The summed E-state index contributed by atoms with van der Waals surface area (Å²) in [7, 11) is 2.06. The van der Waals surface area contributed by atoms with Crippen LogP contribution in [0, 0.1) is 0 Å². The third-order valence-corrected chi connectivity index (χ3v) is 6.76. The van der Waals surface area contributed by atoms with Crippen molar-refractivity contribution in [2.45, 2.75) is 38.0 Å². The summed E-state index contributed by atoms with van der Waals surface area (Å²) in [6, 6.07) is 3.32. The summed E-state index contributed by atoms with van der Waals surface area (Å²) < 4.78 is 40.2. The average Bonchev–Trinajstić information content (AvgIpc) is 3.48. The van der Waals surface area contributed by atoms with Crippen LogP contribution in [0.15, 0.2) is 43.0 Å². The quantitative estimate of drug-likeness (QED) is 0.379. The van der Waals surface area contributed by atoms with Crippen molar-refractivity contribution < 1.29 is 22.8 Å². The Bertz CT molecular complexity index is 1470. The van der Waals surface area contributed by atoms with Crippen molar-refractivity contribution in [2.75, 3.05) is 20.1 Å². The molecule has 37 heavy (non-hydrogen) atoms. The van der Waals surface area contributed by atoms with E-state index in [2.05, 4.69) is 32.3 Å². The number of carbonyl (C=O) groups is 2. The highest BCUT2D eigenvalue weighted by Crippen LogP contribution is 2.30. The van der Waals surface area contributed by atoms with Gasteiger partial charge in [0.25, 0.3) is 11.8 Å². The zero-order valence-electron chi connectivity index (χ0n) is 20.3.